The molecule has 1 saturated heterocycles. The Morgan fingerprint density at radius 2 is 1.86 bits per heavy atom. The molecule has 2 aliphatic rings. The van der Waals surface area contributed by atoms with Crippen LogP contribution in [0, 0.1) is 5.92 Å². The lowest BCUT2D eigenvalue weighted by atomic mass is 10.0. The van der Waals surface area contributed by atoms with Crippen molar-refractivity contribution in [1.82, 2.24) is 5.32 Å². The van der Waals surface area contributed by atoms with Gasteiger partial charge in [0.1, 0.15) is 6.23 Å². The summed E-state index contributed by atoms with van der Waals surface area (Å²) in [4.78, 5) is 0. The molecular formula is C19H21NO. The zero-order valence-corrected chi connectivity index (χ0v) is 12.6. The Morgan fingerprint density at radius 3 is 2.67 bits per heavy atom. The van der Waals surface area contributed by atoms with E-state index in [1.807, 2.05) is 0 Å². The maximum atomic E-state index is 5.94. The van der Waals surface area contributed by atoms with E-state index >= 15 is 0 Å². The van der Waals surface area contributed by atoms with Gasteiger partial charge in [-0.2, -0.15) is 0 Å². The molecule has 1 heterocycles. The van der Waals surface area contributed by atoms with Crippen LogP contribution in [0.2, 0.25) is 0 Å². The van der Waals surface area contributed by atoms with Gasteiger partial charge in [0.05, 0.1) is 6.61 Å². The van der Waals surface area contributed by atoms with Crippen molar-refractivity contribution in [2.75, 3.05) is 6.61 Å². The van der Waals surface area contributed by atoms with E-state index in [2.05, 4.69) is 61.6 Å². The predicted molar refractivity (Wildman–Crippen MR) is 85.1 cm³/mol. The van der Waals surface area contributed by atoms with Gasteiger partial charge >= 0.3 is 0 Å². The molecule has 108 valence electrons. The Labute approximate surface area is 126 Å². The third-order valence-corrected chi connectivity index (χ3v) is 4.73. The first kappa shape index (κ1) is 13.1. The van der Waals surface area contributed by atoms with E-state index in [0.29, 0.717) is 12.0 Å². The Kier molecular flexibility index (Phi) is 3.09. The van der Waals surface area contributed by atoms with E-state index < -0.39 is 0 Å². The molecule has 1 fully saturated rings. The van der Waals surface area contributed by atoms with Crippen molar-refractivity contribution in [3.63, 3.8) is 0 Å². The molecule has 0 bridgehead atoms. The van der Waals surface area contributed by atoms with Crippen molar-refractivity contribution in [2.24, 2.45) is 5.92 Å². The molecule has 2 heteroatoms. The standard InChI is InChI=1S/C19H21NO/c1-12(2)18-11-21-19(20-18)14-7-8-17-15(10-14)9-13-5-3-4-6-16(13)17/h3-8,10,12,18-20H,9,11H2,1-2H3/t18-,19+/m0/s1. The van der Waals surface area contributed by atoms with Crippen LogP contribution >= 0.6 is 0 Å². The van der Waals surface area contributed by atoms with Crippen LogP contribution in [0.3, 0.4) is 0 Å². The van der Waals surface area contributed by atoms with E-state index in [-0.39, 0.29) is 6.23 Å². The molecule has 4 rings (SSSR count). The van der Waals surface area contributed by atoms with Crippen LogP contribution in [-0.4, -0.2) is 12.6 Å². The van der Waals surface area contributed by atoms with Gasteiger partial charge in [-0.05, 0) is 40.2 Å². The first-order chi connectivity index (χ1) is 10.2. The summed E-state index contributed by atoms with van der Waals surface area (Å²) in [7, 11) is 0. The summed E-state index contributed by atoms with van der Waals surface area (Å²) < 4.78 is 5.94. The Balaban J connectivity index is 1.62. The fourth-order valence-electron chi connectivity index (χ4n) is 3.40. The molecule has 1 N–H and O–H groups in total. The van der Waals surface area contributed by atoms with Gasteiger partial charge in [0, 0.05) is 6.04 Å². The van der Waals surface area contributed by atoms with Crippen LogP contribution in [0.1, 0.15) is 36.8 Å². The molecule has 2 aromatic rings. The van der Waals surface area contributed by atoms with Crippen LogP contribution in [0.5, 0.6) is 0 Å². The van der Waals surface area contributed by atoms with Crippen molar-refractivity contribution in [1.29, 1.82) is 0 Å². The molecule has 0 spiro atoms. The van der Waals surface area contributed by atoms with Gasteiger partial charge in [0.2, 0.25) is 0 Å². The monoisotopic (exact) mass is 279 g/mol. The second-order valence-corrected chi connectivity index (χ2v) is 6.48. The van der Waals surface area contributed by atoms with Gasteiger partial charge in [0.15, 0.2) is 0 Å². The van der Waals surface area contributed by atoms with Crippen molar-refractivity contribution in [2.45, 2.75) is 32.5 Å². The van der Waals surface area contributed by atoms with Crippen molar-refractivity contribution < 1.29 is 4.74 Å². The van der Waals surface area contributed by atoms with Gasteiger partial charge in [-0.15, -0.1) is 0 Å². The van der Waals surface area contributed by atoms with E-state index in [1.54, 1.807) is 0 Å². The highest BCUT2D eigenvalue weighted by molar-refractivity contribution is 5.76. The van der Waals surface area contributed by atoms with Gasteiger partial charge in [-0.3, -0.25) is 5.32 Å². The quantitative estimate of drug-likeness (QED) is 0.768. The summed E-state index contributed by atoms with van der Waals surface area (Å²) in [5.74, 6) is 0.605. The van der Waals surface area contributed by atoms with E-state index in [4.69, 9.17) is 4.74 Å². The minimum absolute atomic E-state index is 0.0476. The van der Waals surface area contributed by atoms with Gasteiger partial charge < -0.3 is 4.74 Å². The zero-order valence-electron chi connectivity index (χ0n) is 12.6. The van der Waals surface area contributed by atoms with E-state index in [1.165, 1.54) is 27.8 Å². The number of fused-ring (bicyclic) bond motifs is 3. The lowest BCUT2D eigenvalue weighted by Gasteiger charge is -2.15. The molecule has 0 amide bonds. The maximum absolute atomic E-state index is 5.94. The Morgan fingerprint density at radius 1 is 1.05 bits per heavy atom. The first-order valence-electron chi connectivity index (χ1n) is 7.81. The maximum Gasteiger partial charge on any atom is 0.134 e. The van der Waals surface area contributed by atoms with Crippen molar-refractivity contribution in [3.8, 4) is 11.1 Å². The molecular weight excluding hydrogens is 258 g/mol. The Hall–Kier alpha value is -1.64. The minimum Gasteiger partial charge on any atom is -0.357 e. The number of benzene rings is 2. The van der Waals surface area contributed by atoms with Crippen LogP contribution in [0.4, 0.5) is 0 Å². The number of nitrogens with one attached hydrogen (secondary N) is 1. The first-order valence-corrected chi connectivity index (χ1v) is 7.81. The lowest BCUT2D eigenvalue weighted by Crippen LogP contribution is -2.30. The van der Waals surface area contributed by atoms with E-state index in [0.717, 1.165) is 13.0 Å². The molecule has 0 unspecified atom stereocenters. The SMILES string of the molecule is CC(C)[C@@H]1CO[C@H](c2ccc3c(c2)Cc2ccccc2-3)N1. The van der Waals surface area contributed by atoms with Crippen LogP contribution in [0.25, 0.3) is 11.1 Å². The molecule has 1 aliphatic carbocycles. The van der Waals surface area contributed by atoms with Crippen LogP contribution in [0.15, 0.2) is 42.5 Å². The lowest BCUT2D eigenvalue weighted by molar-refractivity contribution is 0.0999. The predicted octanol–water partition coefficient (Wildman–Crippen LogP) is 3.90. The molecule has 2 nitrogen and oxygen atoms in total. The zero-order chi connectivity index (χ0) is 14.4. The van der Waals surface area contributed by atoms with Gasteiger partial charge in [-0.25, -0.2) is 0 Å². The number of hydrogen-bond donors (Lipinski definition) is 1. The number of hydrogen-bond acceptors (Lipinski definition) is 2. The second kappa shape index (κ2) is 4.97. The van der Waals surface area contributed by atoms with Gasteiger partial charge in [-0.1, -0.05) is 56.3 Å². The summed E-state index contributed by atoms with van der Waals surface area (Å²) in [6.45, 7) is 5.28. The minimum atomic E-state index is 0.0476. The fraction of sp³-hybridized carbons (Fsp3) is 0.368. The number of rotatable bonds is 2. The van der Waals surface area contributed by atoms with Gasteiger partial charge in [0.25, 0.3) is 0 Å². The average molecular weight is 279 g/mol. The fourth-order valence-corrected chi connectivity index (χ4v) is 3.40. The molecule has 2 atom stereocenters. The summed E-state index contributed by atoms with van der Waals surface area (Å²) in [5.41, 5.74) is 6.88. The second-order valence-electron chi connectivity index (χ2n) is 6.48. The smallest absolute Gasteiger partial charge is 0.134 e. The van der Waals surface area contributed by atoms with Crippen molar-refractivity contribution in [3.05, 3.63) is 59.2 Å². The Bertz CT molecular complexity index is 677. The molecule has 0 radical (unpaired) electrons. The molecule has 1 aliphatic heterocycles. The number of ether oxygens (including phenoxy) is 1. The summed E-state index contributed by atoms with van der Waals surface area (Å²) in [6, 6.07) is 15.9. The van der Waals surface area contributed by atoms with Crippen molar-refractivity contribution >= 4 is 0 Å². The summed E-state index contributed by atoms with van der Waals surface area (Å²) in [5, 5.41) is 3.60. The normalized spacial score (nSPS) is 23.4. The van der Waals surface area contributed by atoms with Crippen LogP contribution < -0.4 is 5.32 Å². The highest BCUT2D eigenvalue weighted by atomic mass is 16.5. The summed E-state index contributed by atoms with van der Waals surface area (Å²) >= 11 is 0. The highest BCUT2D eigenvalue weighted by Crippen LogP contribution is 2.38. The third-order valence-electron chi connectivity index (χ3n) is 4.73. The molecule has 0 aromatic heterocycles. The summed E-state index contributed by atoms with van der Waals surface area (Å²) in [6.07, 6.45) is 1.09. The average Bonchev–Trinajstić information content (AvgIpc) is 3.11. The van der Waals surface area contributed by atoms with E-state index in [9.17, 15) is 0 Å². The molecule has 21 heavy (non-hydrogen) atoms. The highest BCUT2D eigenvalue weighted by Gasteiger charge is 2.28. The third kappa shape index (κ3) is 2.19. The topological polar surface area (TPSA) is 21.3 Å². The largest absolute Gasteiger partial charge is 0.357 e. The van der Waals surface area contributed by atoms with Crippen LogP contribution in [-0.2, 0) is 11.2 Å². The molecule has 2 aromatic carbocycles. The molecule has 0 saturated carbocycles.